The van der Waals surface area contributed by atoms with E-state index in [2.05, 4.69) is 16.9 Å². The number of nitrogens with one attached hydrogen (secondary N) is 2. The lowest BCUT2D eigenvalue weighted by Gasteiger charge is -2.11. The van der Waals surface area contributed by atoms with E-state index in [0.717, 1.165) is 6.54 Å². The summed E-state index contributed by atoms with van der Waals surface area (Å²) >= 11 is 1.90. The number of carbonyl (C=O) groups is 1. The van der Waals surface area contributed by atoms with E-state index >= 15 is 0 Å². The molecule has 1 fully saturated rings. The summed E-state index contributed by atoms with van der Waals surface area (Å²) in [7, 11) is 1.66. The molecule has 0 aromatic rings. The van der Waals surface area contributed by atoms with Crippen LogP contribution in [-0.4, -0.2) is 37.0 Å². The maximum Gasteiger partial charge on any atom is 0.233 e. The second kappa shape index (κ2) is 4.14. The Balaban J connectivity index is 2.06. The maximum absolute atomic E-state index is 10.8. The van der Waals surface area contributed by atoms with Gasteiger partial charge in [0.15, 0.2) is 0 Å². The summed E-state index contributed by atoms with van der Waals surface area (Å²) in [4.78, 5) is 10.8. The van der Waals surface area contributed by atoms with E-state index in [-0.39, 0.29) is 5.91 Å². The van der Waals surface area contributed by atoms with Crippen molar-refractivity contribution in [1.82, 2.24) is 10.6 Å². The van der Waals surface area contributed by atoms with Crippen LogP contribution in [0.5, 0.6) is 0 Å². The summed E-state index contributed by atoms with van der Waals surface area (Å²) in [5, 5.41) is 5.74. The van der Waals surface area contributed by atoms with Gasteiger partial charge < -0.3 is 10.6 Å². The normalized spacial score (nSPS) is 18.8. The molecule has 0 aliphatic heterocycles. The Hall–Kier alpha value is -0.220. The van der Waals surface area contributed by atoms with Crippen molar-refractivity contribution >= 4 is 17.7 Å². The van der Waals surface area contributed by atoms with Crippen LogP contribution in [0, 0.1) is 0 Å². The SMILES string of the molecule is CNC(=O)CNCC1(SC)CC1. The first kappa shape index (κ1) is 9.86. The van der Waals surface area contributed by atoms with Gasteiger partial charge in [-0.2, -0.15) is 11.8 Å². The van der Waals surface area contributed by atoms with Gasteiger partial charge in [-0.15, -0.1) is 0 Å². The van der Waals surface area contributed by atoms with E-state index in [9.17, 15) is 4.79 Å². The lowest BCUT2D eigenvalue weighted by molar-refractivity contribution is -0.119. The molecule has 12 heavy (non-hydrogen) atoms. The average Bonchev–Trinajstić information content (AvgIpc) is 2.85. The molecule has 0 saturated heterocycles. The Kier molecular flexibility index (Phi) is 3.40. The molecule has 2 N–H and O–H groups in total. The highest BCUT2D eigenvalue weighted by molar-refractivity contribution is 8.00. The van der Waals surface area contributed by atoms with E-state index in [1.165, 1.54) is 12.8 Å². The first-order chi connectivity index (χ1) is 5.72. The largest absolute Gasteiger partial charge is 0.358 e. The van der Waals surface area contributed by atoms with Crippen molar-refractivity contribution in [2.75, 3.05) is 26.4 Å². The number of thioether (sulfide) groups is 1. The standard InChI is InChI=1S/C8H16N2OS/c1-9-7(11)5-10-6-8(12-2)3-4-8/h10H,3-6H2,1-2H3,(H,9,11). The molecule has 1 aliphatic carbocycles. The quantitative estimate of drug-likeness (QED) is 0.648. The smallest absolute Gasteiger partial charge is 0.233 e. The minimum absolute atomic E-state index is 0.0619. The molecular formula is C8H16N2OS. The fraction of sp³-hybridized carbons (Fsp3) is 0.875. The van der Waals surface area contributed by atoms with Gasteiger partial charge in [-0.25, -0.2) is 0 Å². The predicted octanol–water partition coefficient (Wildman–Crippen LogP) is 0.218. The van der Waals surface area contributed by atoms with Crippen LogP contribution in [0.2, 0.25) is 0 Å². The molecule has 4 heteroatoms. The third-order valence-electron chi connectivity index (χ3n) is 2.25. The van der Waals surface area contributed by atoms with Crippen molar-refractivity contribution in [3.63, 3.8) is 0 Å². The minimum atomic E-state index is 0.0619. The van der Waals surface area contributed by atoms with E-state index in [0.29, 0.717) is 11.3 Å². The molecule has 1 rings (SSSR count). The first-order valence-corrected chi connectivity index (χ1v) is 5.41. The first-order valence-electron chi connectivity index (χ1n) is 4.19. The predicted molar refractivity (Wildman–Crippen MR) is 52.4 cm³/mol. The summed E-state index contributed by atoms with van der Waals surface area (Å²) in [6.45, 7) is 1.40. The second-order valence-electron chi connectivity index (χ2n) is 3.16. The third kappa shape index (κ3) is 2.68. The zero-order chi connectivity index (χ0) is 9.03. The van der Waals surface area contributed by atoms with Crippen LogP contribution in [0.3, 0.4) is 0 Å². The maximum atomic E-state index is 10.8. The Morgan fingerprint density at radius 1 is 1.58 bits per heavy atom. The Bertz CT molecular complexity index is 168. The van der Waals surface area contributed by atoms with Crippen LogP contribution < -0.4 is 10.6 Å². The van der Waals surface area contributed by atoms with E-state index in [1.54, 1.807) is 7.05 Å². The van der Waals surface area contributed by atoms with Gasteiger partial charge in [0.2, 0.25) is 5.91 Å². The van der Waals surface area contributed by atoms with Crippen molar-refractivity contribution in [1.29, 1.82) is 0 Å². The third-order valence-corrected chi connectivity index (χ3v) is 3.67. The highest BCUT2D eigenvalue weighted by Crippen LogP contribution is 2.46. The van der Waals surface area contributed by atoms with E-state index in [1.807, 2.05) is 11.8 Å². The van der Waals surface area contributed by atoms with E-state index < -0.39 is 0 Å². The van der Waals surface area contributed by atoms with Gasteiger partial charge >= 0.3 is 0 Å². The fourth-order valence-electron chi connectivity index (χ4n) is 1.08. The number of likely N-dealkylation sites (N-methyl/N-ethyl adjacent to an activating group) is 1. The molecule has 0 spiro atoms. The minimum Gasteiger partial charge on any atom is -0.358 e. The number of carbonyl (C=O) groups excluding carboxylic acids is 1. The van der Waals surface area contributed by atoms with Crippen molar-refractivity contribution in [2.45, 2.75) is 17.6 Å². The van der Waals surface area contributed by atoms with Gasteiger partial charge in [-0.05, 0) is 19.1 Å². The zero-order valence-electron chi connectivity index (χ0n) is 7.64. The number of rotatable bonds is 5. The molecule has 0 bridgehead atoms. The monoisotopic (exact) mass is 188 g/mol. The molecule has 0 aromatic heterocycles. The van der Waals surface area contributed by atoms with Crippen molar-refractivity contribution in [3.8, 4) is 0 Å². The summed E-state index contributed by atoms with van der Waals surface area (Å²) in [5.74, 6) is 0.0619. The van der Waals surface area contributed by atoms with Gasteiger partial charge in [-0.3, -0.25) is 4.79 Å². The van der Waals surface area contributed by atoms with Crippen LogP contribution >= 0.6 is 11.8 Å². The van der Waals surface area contributed by atoms with Gasteiger partial charge in [0, 0.05) is 18.3 Å². The topological polar surface area (TPSA) is 41.1 Å². The van der Waals surface area contributed by atoms with Gasteiger partial charge in [0.1, 0.15) is 0 Å². The lowest BCUT2D eigenvalue weighted by Crippen LogP contribution is -2.35. The number of hydrogen-bond donors (Lipinski definition) is 2. The molecule has 0 radical (unpaired) electrons. The van der Waals surface area contributed by atoms with Crippen LogP contribution in [0.1, 0.15) is 12.8 Å². The van der Waals surface area contributed by atoms with Crippen molar-refractivity contribution in [2.24, 2.45) is 0 Å². The zero-order valence-corrected chi connectivity index (χ0v) is 8.46. The number of hydrogen-bond acceptors (Lipinski definition) is 3. The molecule has 1 saturated carbocycles. The molecule has 1 amide bonds. The Morgan fingerprint density at radius 3 is 2.67 bits per heavy atom. The second-order valence-corrected chi connectivity index (χ2v) is 4.44. The van der Waals surface area contributed by atoms with Crippen LogP contribution in [-0.2, 0) is 4.79 Å². The van der Waals surface area contributed by atoms with Crippen molar-refractivity contribution < 1.29 is 4.79 Å². The summed E-state index contributed by atoms with van der Waals surface area (Å²) < 4.78 is 0.452. The van der Waals surface area contributed by atoms with Crippen LogP contribution in [0.25, 0.3) is 0 Å². The summed E-state index contributed by atoms with van der Waals surface area (Å²) in [6, 6.07) is 0. The molecule has 70 valence electrons. The Morgan fingerprint density at radius 2 is 2.25 bits per heavy atom. The van der Waals surface area contributed by atoms with Crippen molar-refractivity contribution in [3.05, 3.63) is 0 Å². The summed E-state index contributed by atoms with van der Waals surface area (Å²) in [6.07, 6.45) is 4.71. The highest BCUT2D eigenvalue weighted by atomic mass is 32.2. The molecular weight excluding hydrogens is 172 g/mol. The highest BCUT2D eigenvalue weighted by Gasteiger charge is 2.41. The van der Waals surface area contributed by atoms with Gasteiger partial charge in [-0.1, -0.05) is 0 Å². The van der Waals surface area contributed by atoms with E-state index in [4.69, 9.17) is 0 Å². The van der Waals surface area contributed by atoms with Crippen LogP contribution in [0.15, 0.2) is 0 Å². The molecule has 3 nitrogen and oxygen atoms in total. The summed E-state index contributed by atoms with van der Waals surface area (Å²) in [5.41, 5.74) is 0. The average molecular weight is 188 g/mol. The molecule has 0 heterocycles. The van der Waals surface area contributed by atoms with Gasteiger partial charge in [0.25, 0.3) is 0 Å². The van der Waals surface area contributed by atoms with Gasteiger partial charge in [0.05, 0.1) is 6.54 Å². The number of amides is 1. The van der Waals surface area contributed by atoms with Crippen LogP contribution in [0.4, 0.5) is 0 Å². The molecule has 0 atom stereocenters. The molecule has 1 aliphatic rings. The lowest BCUT2D eigenvalue weighted by atomic mass is 10.4. The fourth-order valence-corrected chi connectivity index (χ4v) is 1.84. The Labute approximate surface area is 77.7 Å². The molecule has 0 unspecified atom stereocenters. The molecule has 0 aromatic carbocycles.